The smallest absolute Gasteiger partial charge is 0.166 e. The summed E-state index contributed by atoms with van der Waals surface area (Å²) in [5.41, 5.74) is 1.64. The molecule has 0 amide bonds. The molecule has 7 aliphatic rings. The van der Waals surface area contributed by atoms with E-state index in [1.54, 1.807) is 7.11 Å². The monoisotopic (exact) mass is 479 g/mol. The fourth-order valence-corrected chi connectivity index (χ4v) is 8.96. The summed E-state index contributed by atoms with van der Waals surface area (Å²) in [5, 5.41) is 12.2. The molecular formula is C30H41NO4. The first-order valence-electron chi connectivity index (χ1n) is 13.7. The molecule has 190 valence electrons. The van der Waals surface area contributed by atoms with E-state index in [-0.39, 0.29) is 22.3 Å². The molecule has 2 heterocycles. The molecule has 2 saturated carbocycles. The van der Waals surface area contributed by atoms with Gasteiger partial charge in [0.05, 0.1) is 18.1 Å². The molecule has 8 rings (SSSR count). The van der Waals surface area contributed by atoms with Gasteiger partial charge in [0.15, 0.2) is 11.5 Å². The Morgan fingerprint density at radius 2 is 1.89 bits per heavy atom. The minimum Gasteiger partial charge on any atom is -0.493 e. The van der Waals surface area contributed by atoms with Gasteiger partial charge in [-0.3, -0.25) is 4.90 Å². The number of nitrogens with zero attached hydrogens (tertiary/aromatic N) is 1. The van der Waals surface area contributed by atoms with Crippen LogP contribution >= 0.6 is 0 Å². The molecule has 5 nitrogen and oxygen atoms in total. The maximum absolute atomic E-state index is 12.2. The average Bonchev–Trinajstić information content (AvgIpc) is 3.56. The molecule has 6 atom stereocenters. The van der Waals surface area contributed by atoms with E-state index in [4.69, 9.17) is 14.2 Å². The average molecular weight is 480 g/mol. The number of ether oxygens (including phenoxy) is 3. The quantitative estimate of drug-likeness (QED) is 0.624. The Balaban J connectivity index is 1.52. The Bertz CT molecular complexity index is 1130. The number of piperidine rings is 1. The zero-order valence-corrected chi connectivity index (χ0v) is 22.2. The van der Waals surface area contributed by atoms with Crippen LogP contribution in [0.4, 0.5) is 0 Å². The van der Waals surface area contributed by atoms with Crippen molar-refractivity contribution in [2.45, 2.75) is 95.0 Å². The molecular weight excluding hydrogens is 438 g/mol. The summed E-state index contributed by atoms with van der Waals surface area (Å²) in [4.78, 5) is 2.82. The van der Waals surface area contributed by atoms with Crippen LogP contribution < -0.4 is 9.47 Å². The molecule has 1 aromatic carbocycles. The molecule has 4 bridgehead atoms. The Kier molecular flexibility index (Phi) is 4.30. The van der Waals surface area contributed by atoms with E-state index in [0.717, 1.165) is 55.2 Å². The van der Waals surface area contributed by atoms with Crippen LogP contribution in [0.3, 0.4) is 0 Å². The summed E-state index contributed by atoms with van der Waals surface area (Å²) in [6.07, 6.45) is 9.19. The number of hydrogen-bond acceptors (Lipinski definition) is 5. The summed E-state index contributed by atoms with van der Waals surface area (Å²) < 4.78 is 19.5. The number of rotatable bonds is 5. The van der Waals surface area contributed by atoms with Crippen molar-refractivity contribution in [2.24, 2.45) is 16.7 Å². The van der Waals surface area contributed by atoms with Crippen molar-refractivity contribution in [3.63, 3.8) is 0 Å². The van der Waals surface area contributed by atoms with Crippen molar-refractivity contribution >= 4 is 0 Å². The minimum atomic E-state index is -1.02. The van der Waals surface area contributed by atoms with E-state index in [1.165, 1.54) is 30.5 Å². The van der Waals surface area contributed by atoms with Gasteiger partial charge < -0.3 is 19.3 Å². The van der Waals surface area contributed by atoms with Crippen LogP contribution in [0.1, 0.15) is 70.9 Å². The standard InChI is InChI=1S/C30H41NO4/c1-26(2,3)27(4,32)21-16-28-11-12-30(21,34-6)25-29(28)13-14-31(17-18-7-8-18)22(28)15-19-9-10-20(33-5)24(35-25)23(19)29/h9-10,16,18,22,25,32H,7-8,11-15,17H2,1-6H3/t22?,25?,27?,28?,29-,30?/m0/s1. The molecule has 0 aromatic heterocycles. The first-order valence-corrected chi connectivity index (χ1v) is 13.7. The van der Waals surface area contributed by atoms with Crippen LogP contribution in [0.15, 0.2) is 23.8 Å². The number of benzene rings is 1. The fourth-order valence-electron chi connectivity index (χ4n) is 8.96. The van der Waals surface area contributed by atoms with Crippen LogP contribution in [0, 0.1) is 16.7 Å². The third-order valence-electron chi connectivity index (χ3n) is 11.4. The van der Waals surface area contributed by atoms with E-state index in [2.05, 4.69) is 43.9 Å². The van der Waals surface area contributed by atoms with Gasteiger partial charge in [-0.05, 0) is 80.5 Å². The van der Waals surface area contributed by atoms with Crippen molar-refractivity contribution in [1.82, 2.24) is 4.90 Å². The molecule has 5 aliphatic carbocycles. The van der Waals surface area contributed by atoms with Crippen LogP contribution in [-0.4, -0.2) is 60.7 Å². The highest BCUT2D eigenvalue weighted by Crippen LogP contribution is 2.76. The van der Waals surface area contributed by atoms with E-state index < -0.39 is 11.2 Å². The molecule has 1 saturated heterocycles. The lowest BCUT2D eigenvalue weighted by Gasteiger charge is -2.72. The third-order valence-corrected chi connectivity index (χ3v) is 11.4. The second kappa shape index (κ2) is 6.65. The topological polar surface area (TPSA) is 51.2 Å². The highest BCUT2D eigenvalue weighted by Gasteiger charge is 2.79. The molecule has 1 aromatic rings. The number of likely N-dealkylation sites (tertiary alicyclic amines) is 1. The van der Waals surface area contributed by atoms with E-state index in [1.807, 2.05) is 14.0 Å². The highest BCUT2D eigenvalue weighted by atomic mass is 16.6. The molecule has 5 heteroatoms. The summed E-state index contributed by atoms with van der Waals surface area (Å²) >= 11 is 0. The molecule has 2 aliphatic heterocycles. The van der Waals surface area contributed by atoms with Gasteiger partial charge in [-0.2, -0.15) is 0 Å². The Morgan fingerprint density at radius 3 is 2.54 bits per heavy atom. The lowest BCUT2D eigenvalue weighted by molar-refractivity contribution is -0.210. The molecule has 2 spiro atoms. The third kappa shape index (κ3) is 2.42. The minimum absolute atomic E-state index is 0.0692. The van der Waals surface area contributed by atoms with Gasteiger partial charge in [0, 0.05) is 30.7 Å². The van der Waals surface area contributed by atoms with Crippen LogP contribution in [0.5, 0.6) is 11.5 Å². The van der Waals surface area contributed by atoms with Gasteiger partial charge in [-0.1, -0.05) is 32.9 Å². The molecule has 1 N–H and O–H groups in total. The summed E-state index contributed by atoms with van der Waals surface area (Å²) in [5.74, 6) is 2.62. The fraction of sp³-hybridized carbons (Fsp3) is 0.733. The van der Waals surface area contributed by atoms with Gasteiger partial charge in [0.1, 0.15) is 11.7 Å². The number of methoxy groups -OCH3 is 2. The normalized spacial score (nSPS) is 40.6. The summed E-state index contributed by atoms with van der Waals surface area (Å²) in [7, 11) is 3.57. The number of fused-ring (bicyclic) bond motifs is 1. The van der Waals surface area contributed by atoms with Gasteiger partial charge in [0.25, 0.3) is 0 Å². The predicted molar refractivity (Wildman–Crippen MR) is 135 cm³/mol. The molecule has 35 heavy (non-hydrogen) atoms. The first kappa shape index (κ1) is 22.6. The van der Waals surface area contributed by atoms with Crippen LogP contribution in [0.25, 0.3) is 0 Å². The Morgan fingerprint density at radius 1 is 1.11 bits per heavy atom. The van der Waals surface area contributed by atoms with Gasteiger partial charge in [0.2, 0.25) is 0 Å². The van der Waals surface area contributed by atoms with E-state index in [0.29, 0.717) is 6.04 Å². The number of hydrogen-bond donors (Lipinski definition) is 1. The highest BCUT2D eigenvalue weighted by molar-refractivity contribution is 5.66. The number of aliphatic hydroxyl groups is 1. The lowest BCUT2D eigenvalue weighted by atomic mass is 9.36. The van der Waals surface area contributed by atoms with Crippen LogP contribution in [-0.2, 0) is 16.6 Å². The van der Waals surface area contributed by atoms with Crippen molar-refractivity contribution in [3.05, 3.63) is 34.9 Å². The summed E-state index contributed by atoms with van der Waals surface area (Å²) in [6, 6.07) is 4.82. The lowest BCUT2D eigenvalue weighted by Crippen LogP contribution is -2.79. The van der Waals surface area contributed by atoms with E-state index >= 15 is 0 Å². The Labute approximate surface area is 209 Å². The molecule has 0 radical (unpaired) electrons. The van der Waals surface area contributed by atoms with Gasteiger partial charge in [-0.25, -0.2) is 0 Å². The maximum atomic E-state index is 12.2. The van der Waals surface area contributed by atoms with Crippen molar-refractivity contribution in [2.75, 3.05) is 27.3 Å². The first-order chi connectivity index (χ1) is 16.6. The van der Waals surface area contributed by atoms with Crippen LogP contribution in [0.2, 0.25) is 0 Å². The zero-order valence-electron chi connectivity index (χ0n) is 22.2. The van der Waals surface area contributed by atoms with Crippen molar-refractivity contribution in [1.29, 1.82) is 0 Å². The van der Waals surface area contributed by atoms with Crippen molar-refractivity contribution < 1.29 is 19.3 Å². The Hall–Kier alpha value is -1.56. The maximum Gasteiger partial charge on any atom is 0.166 e. The largest absolute Gasteiger partial charge is 0.493 e. The van der Waals surface area contributed by atoms with Gasteiger partial charge in [-0.15, -0.1) is 0 Å². The second-order valence-corrected chi connectivity index (χ2v) is 13.5. The summed E-state index contributed by atoms with van der Waals surface area (Å²) in [6.45, 7) is 10.7. The zero-order chi connectivity index (χ0) is 24.6. The predicted octanol–water partition coefficient (Wildman–Crippen LogP) is 4.64. The second-order valence-electron chi connectivity index (χ2n) is 13.5. The molecule has 5 unspecified atom stereocenters. The van der Waals surface area contributed by atoms with E-state index in [9.17, 15) is 5.11 Å². The SMILES string of the molecule is COc1ccc2c3c1OC1C4(OC)CCC5(C=C4C(C)(O)C(C)(C)C)C(C2)N(CC2CC2)CC[C@]315. The van der Waals surface area contributed by atoms with Crippen molar-refractivity contribution in [3.8, 4) is 11.5 Å². The molecule has 3 fully saturated rings. The van der Waals surface area contributed by atoms with Gasteiger partial charge >= 0.3 is 0 Å².